The second-order valence-electron chi connectivity index (χ2n) is 7.06. The summed E-state index contributed by atoms with van der Waals surface area (Å²) in [5, 5.41) is 3.43. The zero-order valence-corrected chi connectivity index (χ0v) is 13.6. The molecule has 1 fully saturated rings. The molecule has 0 spiro atoms. The fourth-order valence-electron chi connectivity index (χ4n) is 3.86. The normalized spacial score (nSPS) is 27.4. The SMILES string of the molecule is CC1CC(C)CN(C(C)Cc2ccc3c(c2)NCCO3)C1. The number of rotatable bonds is 3. The number of nitrogens with one attached hydrogen (secondary N) is 1. The minimum absolute atomic E-state index is 0.609. The van der Waals surface area contributed by atoms with Crippen LogP contribution in [0.5, 0.6) is 5.75 Å². The third kappa shape index (κ3) is 3.52. The fourth-order valence-corrected chi connectivity index (χ4v) is 3.86. The van der Waals surface area contributed by atoms with Gasteiger partial charge in [0.2, 0.25) is 0 Å². The first-order valence-corrected chi connectivity index (χ1v) is 8.35. The molecule has 2 aliphatic heterocycles. The number of hydrogen-bond donors (Lipinski definition) is 1. The Hall–Kier alpha value is -1.22. The van der Waals surface area contributed by atoms with E-state index in [0.717, 1.165) is 42.8 Å². The van der Waals surface area contributed by atoms with Gasteiger partial charge in [-0.2, -0.15) is 0 Å². The number of ether oxygens (including phenoxy) is 1. The van der Waals surface area contributed by atoms with Crippen molar-refractivity contribution in [3.05, 3.63) is 23.8 Å². The topological polar surface area (TPSA) is 24.5 Å². The Morgan fingerprint density at radius 2 is 2.05 bits per heavy atom. The van der Waals surface area contributed by atoms with Gasteiger partial charge in [0.1, 0.15) is 12.4 Å². The molecule has 3 atom stereocenters. The fraction of sp³-hybridized carbons (Fsp3) is 0.667. The Balaban J connectivity index is 1.65. The van der Waals surface area contributed by atoms with Gasteiger partial charge in [-0.15, -0.1) is 0 Å². The summed E-state index contributed by atoms with van der Waals surface area (Å²) < 4.78 is 5.65. The number of anilines is 1. The van der Waals surface area contributed by atoms with Crippen molar-refractivity contribution in [2.75, 3.05) is 31.6 Å². The van der Waals surface area contributed by atoms with Crippen LogP contribution >= 0.6 is 0 Å². The lowest BCUT2D eigenvalue weighted by atomic mass is 9.90. The van der Waals surface area contributed by atoms with Gasteiger partial charge < -0.3 is 10.1 Å². The van der Waals surface area contributed by atoms with Gasteiger partial charge in [-0.1, -0.05) is 19.9 Å². The summed E-state index contributed by atoms with van der Waals surface area (Å²) in [6, 6.07) is 7.21. The molecule has 0 saturated carbocycles. The quantitative estimate of drug-likeness (QED) is 0.922. The maximum Gasteiger partial charge on any atom is 0.142 e. The summed E-state index contributed by atoms with van der Waals surface area (Å²) >= 11 is 0. The van der Waals surface area contributed by atoms with Crippen molar-refractivity contribution in [1.82, 2.24) is 4.90 Å². The second-order valence-corrected chi connectivity index (χ2v) is 7.06. The lowest BCUT2D eigenvalue weighted by Gasteiger charge is -2.39. The molecule has 116 valence electrons. The number of piperidine rings is 1. The Kier molecular flexibility index (Phi) is 4.39. The molecule has 0 amide bonds. The first kappa shape index (κ1) is 14.7. The predicted molar refractivity (Wildman–Crippen MR) is 88.1 cm³/mol. The molecule has 3 rings (SSSR count). The van der Waals surface area contributed by atoms with E-state index in [-0.39, 0.29) is 0 Å². The Morgan fingerprint density at radius 3 is 2.81 bits per heavy atom. The van der Waals surface area contributed by atoms with Gasteiger partial charge in [0.05, 0.1) is 5.69 Å². The summed E-state index contributed by atoms with van der Waals surface area (Å²) in [5.41, 5.74) is 2.57. The summed E-state index contributed by atoms with van der Waals surface area (Å²) in [6.07, 6.45) is 2.50. The molecule has 1 N–H and O–H groups in total. The summed E-state index contributed by atoms with van der Waals surface area (Å²) in [5.74, 6) is 2.66. The highest BCUT2D eigenvalue weighted by Crippen LogP contribution is 2.29. The number of benzene rings is 1. The monoisotopic (exact) mass is 288 g/mol. The van der Waals surface area contributed by atoms with E-state index >= 15 is 0 Å². The van der Waals surface area contributed by atoms with Crippen LogP contribution in [0.15, 0.2) is 18.2 Å². The van der Waals surface area contributed by atoms with Crippen molar-refractivity contribution in [1.29, 1.82) is 0 Å². The Bertz CT molecular complexity index is 478. The van der Waals surface area contributed by atoms with Crippen LogP contribution in [0.1, 0.15) is 32.8 Å². The third-order valence-electron chi connectivity index (χ3n) is 4.77. The molecule has 2 aliphatic rings. The van der Waals surface area contributed by atoms with Crippen molar-refractivity contribution >= 4 is 5.69 Å². The third-order valence-corrected chi connectivity index (χ3v) is 4.77. The molecule has 3 heteroatoms. The molecule has 0 aromatic heterocycles. The summed E-state index contributed by atoms with van der Waals surface area (Å²) in [6.45, 7) is 11.3. The van der Waals surface area contributed by atoms with Crippen LogP contribution in [0.25, 0.3) is 0 Å². The van der Waals surface area contributed by atoms with Crippen LogP contribution in [-0.2, 0) is 6.42 Å². The van der Waals surface area contributed by atoms with Gasteiger partial charge in [-0.25, -0.2) is 0 Å². The molecule has 2 heterocycles. The van der Waals surface area contributed by atoms with Gasteiger partial charge in [0.25, 0.3) is 0 Å². The van der Waals surface area contributed by atoms with E-state index in [9.17, 15) is 0 Å². The molecule has 1 aromatic rings. The molecular formula is C18H28N2O. The van der Waals surface area contributed by atoms with Gasteiger partial charge in [0, 0.05) is 25.7 Å². The zero-order valence-electron chi connectivity index (χ0n) is 13.6. The molecule has 0 bridgehead atoms. The second kappa shape index (κ2) is 6.27. The number of likely N-dealkylation sites (tertiary alicyclic amines) is 1. The van der Waals surface area contributed by atoms with Gasteiger partial charge in [-0.3, -0.25) is 4.90 Å². The van der Waals surface area contributed by atoms with Crippen molar-refractivity contribution in [3.63, 3.8) is 0 Å². The highest BCUT2D eigenvalue weighted by molar-refractivity contribution is 5.59. The maximum atomic E-state index is 5.65. The highest BCUT2D eigenvalue weighted by Gasteiger charge is 2.25. The van der Waals surface area contributed by atoms with E-state index in [1.807, 2.05) is 0 Å². The Labute approximate surface area is 128 Å². The van der Waals surface area contributed by atoms with E-state index in [1.165, 1.54) is 25.1 Å². The average molecular weight is 288 g/mol. The van der Waals surface area contributed by atoms with E-state index in [4.69, 9.17) is 4.74 Å². The minimum Gasteiger partial charge on any atom is -0.490 e. The predicted octanol–water partition coefficient (Wildman–Crippen LogP) is 3.40. The molecule has 0 radical (unpaired) electrons. The van der Waals surface area contributed by atoms with Crippen molar-refractivity contribution in [3.8, 4) is 5.75 Å². The lowest BCUT2D eigenvalue weighted by Crippen LogP contribution is -2.44. The number of fused-ring (bicyclic) bond motifs is 1. The van der Waals surface area contributed by atoms with Crippen LogP contribution in [0, 0.1) is 11.8 Å². The zero-order chi connectivity index (χ0) is 14.8. The van der Waals surface area contributed by atoms with Crippen LogP contribution in [0.4, 0.5) is 5.69 Å². The number of nitrogens with zero attached hydrogens (tertiary/aromatic N) is 1. The van der Waals surface area contributed by atoms with Gasteiger partial charge in [0.15, 0.2) is 0 Å². The van der Waals surface area contributed by atoms with E-state index < -0.39 is 0 Å². The molecule has 3 nitrogen and oxygen atoms in total. The molecule has 3 unspecified atom stereocenters. The standard InChI is InChI=1S/C18H28N2O/c1-13-8-14(2)12-20(11-13)15(3)9-16-4-5-18-17(10-16)19-6-7-21-18/h4-5,10,13-15,19H,6-9,11-12H2,1-3H3. The molecule has 1 aromatic carbocycles. The van der Waals surface area contributed by atoms with Crippen LogP contribution in [0.2, 0.25) is 0 Å². The first-order chi connectivity index (χ1) is 10.1. The lowest BCUT2D eigenvalue weighted by molar-refractivity contribution is 0.103. The maximum absolute atomic E-state index is 5.65. The summed E-state index contributed by atoms with van der Waals surface area (Å²) in [7, 11) is 0. The van der Waals surface area contributed by atoms with Crippen LogP contribution in [0.3, 0.4) is 0 Å². The van der Waals surface area contributed by atoms with Gasteiger partial charge >= 0.3 is 0 Å². The number of hydrogen-bond acceptors (Lipinski definition) is 3. The Morgan fingerprint density at radius 1 is 1.29 bits per heavy atom. The average Bonchev–Trinajstić information content (AvgIpc) is 2.46. The van der Waals surface area contributed by atoms with Crippen LogP contribution < -0.4 is 10.1 Å². The smallest absolute Gasteiger partial charge is 0.142 e. The molecule has 0 aliphatic carbocycles. The van der Waals surface area contributed by atoms with Gasteiger partial charge in [-0.05, 0) is 49.3 Å². The van der Waals surface area contributed by atoms with E-state index in [2.05, 4.69) is 49.2 Å². The molecular weight excluding hydrogens is 260 g/mol. The first-order valence-electron chi connectivity index (χ1n) is 8.35. The van der Waals surface area contributed by atoms with Crippen molar-refractivity contribution in [2.45, 2.75) is 39.7 Å². The molecule has 21 heavy (non-hydrogen) atoms. The van der Waals surface area contributed by atoms with Crippen LogP contribution in [-0.4, -0.2) is 37.2 Å². The van der Waals surface area contributed by atoms with Crippen molar-refractivity contribution in [2.24, 2.45) is 11.8 Å². The largest absolute Gasteiger partial charge is 0.490 e. The van der Waals surface area contributed by atoms with Crippen molar-refractivity contribution < 1.29 is 4.74 Å². The van der Waals surface area contributed by atoms with E-state index in [0.29, 0.717) is 6.04 Å². The highest BCUT2D eigenvalue weighted by atomic mass is 16.5. The van der Waals surface area contributed by atoms with E-state index in [1.54, 1.807) is 0 Å². The summed E-state index contributed by atoms with van der Waals surface area (Å²) in [4.78, 5) is 2.67. The molecule has 1 saturated heterocycles. The minimum atomic E-state index is 0.609.